The molecule has 0 aliphatic heterocycles. The van der Waals surface area contributed by atoms with Crippen LogP contribution >= 0.6 is 11.6 Å². The van der Waals surface area contributed by atoms with Gasteiger partial charge in [-0.3, -0.25) is 0 Å². The van der Waals surface area contributed by atoms with Crippen molar-refractivity contribution in [1.82, 2.24) is 0 Å². The molecule has 68 valence electrons. The summed E-state index contributed by atoms with van der Waals surface area (Å²) < 4.78 is 10.9. The van der Waals surface area contributed by atoms with Crippen LogP contribution in [0.1, 0.15) is 20.8 Å². The van der Waals surface area contributed by atoms with Gasteiger partial charge in [-0.25, -0.2) is 0 Å². The summed E-state index contributed by atoms with van der Waals surface area (Å²) >= 11 is 5.69. The molecule has 1 atom stereocenters. The first-order valence-corrected chi connectivity index (χ1v) is 6.19. The van der Waals surface area contributed by atoms with E-state index in [0.717, 1.165) is 13.2 Å². The van der Waals surface area contributed by atoms with Crippen molar-refractivity contribution in [2.75, 3.05) is 19.1 Å². The predicted octanol–water partition coefficient (Wildman–Crippen LogP) is 1.91. The normalized spacial score (nSPS) is 13.9. The van der Waals surface area contributed by atoms with E-state index in [1.165, 1.54) is 0 Å². The Balaban J connectivity index is 3.66. The molecule has 0 rings (SSSR count). The Hall–Kier alpha value is 0.427. The van der Waals surface area contributed by atoms with Crippen molar-refractivity contribution < 1.29 is 8.85 Å². The topological polar surface area (TPSA) is 18.5 Å². The maximum Gasteiger partial charge on any atom is 0.325 e. The molecule has 0 saturated heterocycles. The third-order valence-corrected chi connectivity index (χ3v) is 4.64. The summed E-state index contributed by atoms with van der Waals surface area (Å²) in [5, 5.41) is 0. The molecule has 1 unspecified atom stereocenters. The molecule has 0 aliphatic carbocycles. The van der Waals surface area contributed by atoms with Gasteiger partial charge in [0.25, 0.3) is 0 Å². The highest BCUT2D eigenvalue weighted by molar-refractivity contribution is 6.48. The Morgan fingerprint density at radius 1 is 1.27 bits per heavy atom. The van der Waals surface area contributed by atoms with Crippen LogP contribution in [0, 0.1) is 0 Å². The minimum atomic E-state index is -1.46. The SMILES string of the molecule is CCO[SiH](OCC)C(C)CCl. The molecule has 0 saturated carbocycles. The van der Waals surface area contributed by atoms with Gasteiger partial charge in [0.15, 0.2) is 0 Å². The van der Waals surface area contributed by atoms with Gasteiger partial charge >= 0.3 is 9.28 Å². The van der Waals surface area contributed by atoms with Crippen LogP contribution in [0.25, 0.3) is 0 Å². The van der Waals surface area contributed by atoms with E-state index in [0.29, 0.717) is 11.4 Å². The Morgan fingerprint density at radius 2 is 1.73 bits per heavy atom. The lowest BCUT2D eigenvalue weighted by molar-refractivity contribution is 0.207. The second kappa shape index (κ2) is 7.10. The molecule has 0 spiro atoms. The summed E-state index contributed by atoms with van der Waals surface area (Å²) in [4.78, 5) is 0. The van der Waals surface area contributed by atoms with E-state index in [1.807, 2.05) is 13.8 Å². The molecule has 0 aromatic rings. The average Bonchev–Trinajstić information content (AvgIpc) is 2.03. The fraction of sp³-hybridized carbons (Fsp3) is 1.00. The lowest BCUT2D eigenvalue weighted by Gasteiger charge is -2.19. The van der Waals surface area contributed by atoms with Gasteiger partial charge < -0.3 is 8.85 Å². The number of halogens is 1. The molecular formula is C7H17ClO2Si. The Labute approximate surface area is 75.7 Å². The van der Waals surface area contributed by atoms with Gasteiger partial charge in [-0.05, 0) is 13.8 Å². The highest BCUT2D eigenvalue weighted by Crippen LogP contribution is 2.12. The van der Waals surface area contributed by atoms with Crippen molar-refractivity contribution in [1.29, 1.82) is 0 Å². The van der Waals surface area contributed by atoms with Gasteiger partial charge in [0.2, 0.25) is 0 Å². The Morgan fingerprint density at radius 3 is 2.00 bits per heavy atom. The first-order chi connectivity index (χ1) is 5.26. The highest BCUT2D eigenvalue weighted by atomic mass is 35.5. The summed E-state index contributed by atoms with van der Waals surface area (Å²) in [6, 6.07) is 0. The minimum Gasteiger partial charge on any atom is -0.397 e. The van der Waals surface area contributed by atoms with Crippen LogP contribution in [0.4, 0.5) is 0 Å². The first kappa shape index (κ1) is 11.4. The monoisotopic (exact) mass is 196 g/mol. The van der Waals surface area contributed by atoms with Gasteiger partial charge in [0, 0.05) is 24.6 Å². The molecule has 0 aromatic carbocycles. The van der Waals surface area contributed by atoms with Gasteiger partial charge in [0.1, 0.15) is 0 Å². The van der Waals surface area contributed by atoms with E-state index in [2.05, 4.69) is 6.92 Å². The quantitative estimate of drug-likeness (QED) is 0.478. The van der Waals surface area contributed by atoms with Gasteiger partial charge in [-0.15, -0.1) is 11.6 Å². The van der Waals surface area contributed by atoms with Gasteiger partial charge in [0.05, 0.1) is 0 Å². The highest BCUT2D eigenvalue weighted by Gasteiger charge is 2.19. The van der Waals surface area contributed by atoms with Crippen molar-refractivity contribution in [3.05, 3.63) is 0 Å². The maximum absolute atomic E-state index is 5.69. The summed E-state index contributed by atoms with van der Waals surface area (Å²) in [6.45, 7) is 7.52. The third kappa shape index (κ3) is 4.79. The zero-order chi connectivity index (χ0) is 8.69. The van der Waals surface area contributed by atoms with Crippen molar-refractivity contribution in [2.45, 2.75) is 26.3 Å². The fourth-order valence-electron chi connectivity index (χ4n) is 0.778. The molecule has 0 amide bonds. The van der Waals surface area contributed by atoms with Crippen LogP contribution in [-0.4, -0.2) is 28.4 Å². The van der Waals surface area contributed by atoms with Gasteiger partial charge in [-0.2, -0.15) is 0 Å². The van der Waals surface area contributed by atoms with Crippen molar-refractivity contribution in [2.24, 2.45) is 0 Å². The molecule has 0 radical (unpaired) electrons. The summed E-state index contributed by atoms with van der Waals surface area (Å²) in [6.07, 6.45) is 0. The van der Waals surface area contributed by atoms with Crippen LogP contribution < -0.4 is 0 Å². The third-order valence-electron chi connectivity index (χ3n) is 1.37. The number of alkyl halides is 1. The minimum absolute atomic E-state index is 0.400. The second-order valence-corrected chi connectivity index (χ2v) is 5.26. The summed E-state index contributed by atoms with van der Waals surface area (Å²) in [5.41, 5.74) is 0.400. The molecule has 0 aromatic heterocycles. The maximum atomic E-state index is 5.69. The Bertz CT molecular complexity index is 86.5. The second-order valence-electron chi connectivity index (χ2n) is 2.41. The van der Waals surface area contributed by atoms with Crippen LogP contribution in [-0.2, 0) is 8.85 Å². The van der Waals surface area contributed by atoms with Crippen molar-refractivity contribution in [3.63, 3.8) is 0 Å². The predicted molar refractivity (Wildman–Crippen MR) is 50.5 cm³/mol. The summed E-state index contributed by atoms with van der Waals surface area (Å²) in [5.74, 6) is 0.636. The van der Waals surface area contributed by atoms with E-state index >= 15 is 0 Å². The van der Waals surface area contributed by atoms with Crippen LogP contribution in [0.2, 0.25) is 5.54 Å². The van der Waals surface area contributed by atoms with E-state index in [1.54, 1.807) is 0 Å². The molecule has 0 bridgehead atoms. The van der Waals surface area contributed by atoms with Crippen molar-refractivity contribution >= 4 is 20.9 Å². The molecular weight excluding hydrogens is 180 g/mol. The number of rotatable bonds is 6. The van der Waals surface area contributed by atoms with Crippen LogP contribution in [0.3, 0.4) is 0 Å². The summed E-state index contributed by atoms with van der Waals surface area (Å²) in [7, 11) is -1.46. The number of hydrogen-bond acceptors (Lipinski definition) is 2. The molecule has 4 heteroatoms. The van der Waals surface area contributed by atoms with Crippen LogP contribution in [0.15, 0.2) is 0 Å². The first-order valence-electron chi connectivity index (χ1n) is 4.05. The van der Waals surface area contributed by atoms with Crippen molar-refractivity contribution in [3.8, 4) is 0 Å². The zero-order valence-corrected chi connectivity index (χ0v) is 9.38. The molecule has 2 nitrogen and oxygen atoms in total. The molecule has 0 N–H and O–H groups in total. The zero-order valence-electron chi connectivity index (χ0n) is 7.47. The molecule has 0 aliphatic rings. The smallest absolute Gasteiger partial charge is 0.325 e. The standard InChI is InChI=1S/C7H17ClO2Si/c1-4-9-11(10-5-2)7(3)6-8/h7,11H,4-6H2,1-3H3. The van der Waals surface area contributed by atoms with E-state index < -0.39 is 9.28 Å². The molecule has 11 heavy (non-hydrogen) atoms. The Kier molecular flexibility index (Phi) is 7.37. The number of hydrogen-bond donors (Lipinski definition) is 0. The molecule has 0 heterocycles. The van der Waals surface area contributed by atoms with E-state index in [-0.39, 0.29) is 0 Å². The lowest BCUT2D eigenvalue weighted by atomic mass is 10.6. The van der Waals surface area contributed by atoms with E-state index in [4.69, 9.17) is 20.5 Å². The van der Waals surface area contributed by atoms with Gasteiger partial charge in [-0.1, -0.05) is 6.92 Å². The average molecular weight is 197 g/mol. The fourth-order valence-corrected chi connectivity index (χ4v) is 2.77. The largest absolute Gasteiger partial charge is 0.397 e. The van der Waals surface area contributed by atoms with Crippen LogP contribution in [0.5, 0.6) is 0 Å². The lowest BCUT2D eigenvalue weighted by Crippen LogP contribution is -2.28. The van der Waals surface area contributed by atoms with E-state index in [9.17, 15) is 0 Å². The molecule has 0 fully saturated rings.